The Hall–Kier alpha value is -1.82. The van der Waals surface area contributed by atoms with Gasteiger partial charge in [-0.3, -0.25) is 19.3 Å². The average Bonchev–Trinajstić information content (AvgIpc) is 2.85. The van der Waals surface area contributed by atoms with Gasteiger partial charge in [-0.1, -0.05) is 29.0 Å². The third-order valence-corrected chi connectivity index (χ3v) is 5.20. The van der Waals surface area contributed by atoms with Gasteiger partial charge in [0.05, 0.1) is 5.75 Å². The number of rotatable bonds is 2. The Morgan fingerprint density at radius 3 is 2.22 bits per heavy atom. The summed E-state index contributed by atoms with van der Waals surface area (Å²) in [6.45, 7) is 5.13. The van der Waals surface area contributed by atoms with Crippen LogP contribution >= 0.6 is 11.8 Å². The topological polar surface area (TPSA) is 57.7 Å². The number of nitrogens with zero attached hydrogens (tertiary/aromatic N) is 2. The third kappa shape index (κ3) is 3.27. The fourth-order valence-corrected chi connectivity index (χ4v) is 4.10. The van der Waals surface area contributed by atoms with Gasteiger partial charge >= 0.3 is 0 Å². The number of piperidine rings is 1. The number of carbonyl (C=O) groups excluding carboxylic acids is 3. The van der Waals surface area contributed by atoms with Gasteiger partial charge in [-0.15, -0.1) is 0 Å². The summed E-state index contributed by atoms with van der Waals surface area (Å²) in [7, 11) is 0. The first-order valence-corrected chi connectivity index (χ1v) is 8.80. The first-order chi connectivity index (χ1) is 11.0. The number of hydrogen-bond donors (Lipinski definition) is 0. The minimum Gasteiger partial charge on any atom is -0.338 e. The highest BCUT2D eigenvalue weighted by Gasteiger charge is 2.38. The zero-order valence-electron chi connectivity index (χ0n) is 13.4. The highest BCUT2D eigenvalue weighted by atomic mass is 32.2. The van der Waals surface area contributed by atoms with Crippen LogP contribution < -0.4 is 0 Å². The van der Waals surface area contributed by atoms with E-state index in [1.807, 2.05) is 36.9 Å². The second-order valence-corrected chi connectivity index (χ2v) is 7.14. The molecule has 23 heavy (non-hydrogen) atoms. The zero-order valence-corrected chi connectivity index (χ0v) is 14.2. The minimum absolute atomic E-state index is 0.0312. The molecule has 0 N–H and O–H groups in total. The SMILES string of the molecule is Cc1cc(C)cc(C(=O)N2CCC(N3C(=O)CSC3=O)CC2)c1. The van der Waals surface area contributed by atoms with Crippen molar-refractivity contribution < 1.29 is 14.4 Å². The molecule has 0 radical (unpaired) electrons. The lowest BCUT2D eigenvalue weighted by Crippen LogP contribution is -2.48. The van der Waals surface area contributed by atoms with Crippen molar-refractivity contribution >= 4 is 28.8 Å². The Morgan fingerprint density at radius 2 is 1.70 bits per heavy atom. The molecule has 2 aliphatic rings. The van der Waals surface area contributed by atoms with Crippen molar-refractivity contribution in [3.05, 3.63) is 34.9 Å². The van der Waals surface area contributed by atoms with E-state index in [4.69, 9.17) is 0 Å². The number of hydrogen-bond acceptors (Lipinski definition) is 4. The van der Waals surface area contributed by atoms with Gasteiger partial charge in [0, 0.05) is 24.7 Å². The average molecular weight is 332 g/mol. The molecule has 2 fully saturated rings. The van der Waals surface area contributed by atoms with Crippen LogP contribution in [-0.4, -0.2) is 51.7 Å². The van der Waals surface area contributed by atoms with Gasteiger partial charge in [-0.25, -0.2) is 0 Å². The molecule has 3 rings (SSSR count). The lowest BCUT2D eigenvalue weighted by molar-refractivity contribution is -0.126. The summed E-state index contributed by atoms with van der Waals surface area (Å²) in [5.74, 6) is 0.184. The van der Waals surface area contributed by atoms with Crippen LogP contribution in [0.1, 0.15) is 34.3 Å². The summed E-state index contributed by atoms with van der Waals surface area (Å²) in [4.78, 5) is 39.4. The standard InChI is InChI=1S/C17H20N2O3S/c1-11-7-12(2)9-13(8-11)16(21)18-5-3-14(4-6-18)19-15(20)10-23-17(19)22/h7-9,14H,3-6,10H2,1-2H3. The molecule has 2 heterocycles. The molecule has 0 unspecified atom stereocenters. The molecule has 0 bridgehead atoms. The van der Waals surface area contributed by atoms with Gasteiger partial charge in [0.1, 0.15) is 0 Å². The summed E-state index contributed by atoms with van der Waals surface area (Å²) >= 11 is 1.07. The van der Waals surface area contributed by atoms with Crippen LogP contribution in [0.5, 0.6) is 0 Å². The summed E-state index contributed by atoms with van der Waals surface area (Å²) < 4.78 is 0. The molecule has 5 nitrogen and oxygen atoms in total. The lowest BCUT2D eigenvalue weighted by atomic mass is 10.0. The molecule has 0 aromatic heterocycles. The van der Waals surface area contributed by atoms with Crippen LogP contribution in [0, 0.1) is 13.8 Å². The Balaban J connectivity index is 1.65. The summed E-state index contributed by atoms with van der Waals surface area (Å²) in [5, 5.41) is -0.144. The van der Waals surface area contributed by atoms with Crippen molar-refractivity contribution in [3.63, 3.8) is 0 Å². The van der Waals surface area contributed by atoms with Crippen LogP contribution in [0.4, 0.5) is 4.79 Å². The summed E-state index contributed by atoms with van der Waals surface area (Å²) in [6, 6.07) is 5.80. The van der Waals surface area contributed by atoms with E-state index in [0.29, 0.717) is 31.5 Å². The second-order valence-electron chi connectivity index (χ2n) is 6.22. The van der Waals surface area contributed by atoms with Crippen LogP contribution in [0.25, 0.3) is 0 Å². The predicted octanol–water partition coefficient (Wildman–Crippen LogP) is 2.60. The summed E-state index contributed by atoms with van der Waals surface area (Å²) in [5.41, 5.74) is 2.87. The Labute approximate surface area is 140 Å². The maximum absolute atomic E-state index is 12.6. The fraction of sp³-hybridized carbons (Fsp3) is 0.471. The van der Waals surface area contributed by atoms with Crippen LogP contribution in [0.15, 0.2) is 18.2 Å². The van der Waals surface area contributed by atoms with Gasteiger partial charge in [-0.2, -0.15) is 0 Å². The van der Waals surface area contributed by atoms with Crippen molar-refractivity contribution in [1.29, 1.82) is 0 Å². The zero-order chi connectivity index (χ0) is 16.6. The molecule has 1 aromatic rings. The first kappa shape index (κ1) is 16.1. The molecule has 0 aliphatic carbocycles. The quantitative estimate of drug-likeness (QED) is 0.835. The van der Waals surface area contributed by atoms with E-state index in [1.165, 1.54) is 4.90 Å². The fourth-order valence-electron chi connectivity index (χ4n) is 3.32. The van der Waals surface area contributed by atoms with E-state index in [9.17, 15) is 14.4 Å². The first-order valence-electron chi connectivity index (χ1n) is 7.82. The van der Waals surface area contributed by atoms with Crippen molar-refractivity contribution in [2.45, 2.75) is 32.7 Å². The van der Waals surface area contributed by atoms with E-state index < -0.39 is 0 Å². The van der Waals surface area contributed by atoms with E-state index in [2.05, 4.69) is 0 Å². The number of aryl methyl sites for hydroxylation is 2. The number of likely N-dealkylation sites (tertiary alicyclic amines) is 1. The normalized spacial score (nSPS) is 19.6. The predicted molar refractivity (Wildman–Crippen MR) is 89.5 cm³/mol. The molecule has 0 spiro atoms. The van der Waals surface area contributed by atoms with Crippen molar-refractivity contribution in [3.8, 4) is 0 Å². The molecule has 2 aliphatic heterocycles. The number of imide groups is 1. The molecule has 0 saturated carbocycles. The maximum atomic E-state index is 12.6. The van der Waals surface area contributed by atoms with E-state index in [1.54, 1.807) is 0 Å². The van der Waals surface area contributed by atoms with Crippen LogP contribution in [-0.2, 0) is 4.79 Å². The Morgan fingerprint density at radius 1 is 1.09 bits per heavy atom. The minimum atomic E-state index is -0.144. The van der Waals surface area contributed by atoms with Crippen LogP contribution in [0.3, 0.4) is 0 Å². The summed E-state index contributed by atoms with van der Waals surface area (Å²) in [6.07, 6.45) is 1.32. The monoisotopic (exact) mass is 332 g/mol. The van der Waals surface area contributed by atoms with E-state index >= 15 is 0 Å². The van der Waals surface area contributed by atoms with E-state index in [-0.39, 0.29) is 28.8 Å². The van der Waals surface area contributed by atoms with Crippen LogP contribution in [0.2, 0.25) is 0 Å². The van der Waals surface area contributed by atoms with E-state index in [0.717, 1.165) is 22.9 Å². The maximum Gasteiger partial charge on any atom is 0.289 e. The van der Waals surface area contributed by atoms with Crippen molar-refractivity contribution in [2.75, 3.05) is 18.8 Å². The van der Waals surface area contributed by atoms with Gasteiger partial charge in [0.25, 0.3) is 11.1 Å². The molecular weight excluding hydrogens is 312 g/mol. The number of benzene rings is 1. The largest absolute Gasteiger partial charge is 0.338 e. The Kier molecular flexibility index (Phi) is 4.43. The molecule has 3 amide bonds. The third-order valence-electron chi connectivity index (χ3n) is 4.37. The molecule has 1 aromatic carbocycles. The van der Waals surface area contributed by atoms with Crippen molar-refractivity contribution in [1.82, 2.24) is 9.80 Å². The molecule has 0 atom stereocenters. The van der Waals surface area contributed by atoms with Gasteiger partial charge in [-0.05, 0) is 38.8 Å². The second kappa shape index (κ2) is 6.35. The highest BCUT2D eigenvalue weighted by Crippen LogP contribution is 2.27. The number of thioether (sulfide) groups is 1. The van der Waals surface area contributed by atoms with Gasteiger partial charge in [0.2, 0.25) is 5.91 Å². The lowest BCUT2D eigenvalue weighted by Gasteiger charge is -2.35. The smallest absolute Gasteiger partial charge is 0.289 e. The van der Waals surface area contributed by atoms with Crippen molar-refractivity contribution in [2.24, 2.45) is 0 Å². The van der Waals surface area contributed by atoms with Gasteiger partial charge in [0.15, 0.2) is 0 Å². The highest BCUT2D eigenvalue weighted by molar-refractivity contribution is 8.14. The molecule has 2 saturated heterocycles. The molecule has 122 valence electrons. The van der Waals surface area contributed by atoms with Gasteiger partial charge < -0.3 is 4.90 Å². The molecule has 6 heteroatoms. The number of carbonyl (C=O) groups is 3. The molecular formula is C17H20N2O3S. The number of amides is 3. The Bertz CT molecular complexity index is 630.